The van der Waals surface area contributed by atoms with Gasteiger partial charge in [0.2, 0.25) is 0 Å². The van der Waals surface area contributed by atoms with Gasteiger partial charge in [-0.1, -0.05) is 0 Å². The van der Waals surface area contributed by atoms with Crippen molar-refractivity contribution in [2.45, 2.75) is 195 Å². The minimum Gasteiger partial charge on any atom is -0.431 e. The van der Waals surface area contributed by atoms with E-state index in [0.29, 0.717) is 0 Å². The first-order chi connectivity index (χ1) is 36.7. The van der Waals surface area contributed by atoms with E-state index >= 15 is 0 Å². The van der Waals surface area contributed by atoms with Crippen LogP contribution in [0.4, 0.5) is 18.0 Å². The summed E-state index contributed by atoms with van der Waals surface area (Å²) in [4.78, 5) is 20.9. The van der Waals surface area contributed by atoms with Crippen LogP contribution in [0.3, 0.4) is 0 Å². The van der Waals surface area contributed by atoms with Gasteiger partial charge in [0.1, 0.15) is 178 Å². The van der Waals surface area contributed by atoms with Crippen LogP contribution in [-0.4, -0.2) is 390 Å². The number of hydrogen-bond acceptors (Lipinski definition) is 36. The fourth-order valence-electron chi connectivity index (χ4n) is 7.32. The fourth-order valence-corrected chi connectivity index (χ4v) is 8.29. The highest BCUT2D eigenvalue weighted by Crippen LogP contribution is 2.47. The summed E-state index contributed by atoms with van der Waals surface area (Å²) < 4.78 is 77.8. The summed E-state index contributed by atoms with van der Waals surface area (Å²) >= 11 is 0. The molecule has 5 rings (SSSR count). The van der Waals surface area contributed by atoms with Gasteiger partial charge in [0, 0.05) is 14.2 Å². The molecule has 0 aromatic heterocycles. The summed E-state index contributed by atoms with van der Waals surface area (Å²) in [6.07, 6.45) is -58.0. The molecule has 0 aromatic rings. The SMILES string of the molecule is COC(CO)COC(=O)OC1[C@@H](O)[C@@H](O)C(O)[C@H](O)[C@@H]1O.COC(CO)COP(=O)(O)OC1[C@@H](O)[C@@H](O)C(O)[C@H](O)[C@@H]1O.OC1[C@H](O)[C@@H](O)C(O)(F)[C@@H](O)[C@H]1O.OC1[C@H](O)[C@H](O)C(F)[C@H](O)[C@H]1O.OC1[C@H](O)[C@H](O)C(F)[C@H](O)[C@H]1O. The molecule has 5 aliphatic carbocycles. The second kappa shape index (κ2) is 33.0. The molecule has 0 radical (unpaired) electrons. The maximum absolute atomic E-state index is 13.0. The predicted octanol–water partition coefficient (Wildman–Crippen LogP) is -16.6. The van der Waals surface area contributed by atoms with Crippen LogP contribution >= 0.6 is 7.82 Å². The summed E-state index contributed by atoms with van der Waals surface area (Å²) in [6, 6.07) is 0. The highest BCUT2D eigenvalue weighted by molar-refractivity contribution is 7.47. The Morgan fingerprint density at radius 3 is 0.975 bits per heavy atom. The third-order valence-corrected chi connectivity index (χ3v) is 13.8. The van der Waals surface area contributed by atoms with E-state index in [1.807, 2.05) is 0 Å². The monoisotopic (exact) mass is 1220 g/mol. The van der Waals surface area contributed by atoms with E-state index < -0.39 is 229 Å². The molecule has 0 amide bonds. The molecule has 0 heterocycles. The highest BCUT2D eigenvalue weighted by Gasteiger charge is 2.59. The first-order valence-electron chi connectivity index (χ1n) is 23.2. The molecule has 5 saturated carbocycles. The zero-order valence-corrected chi connectivity index (χ0v) is 42.4. The van der Waals surface area contributed by atoms with Crippen LogP contribution in [0.1, 0.15) is 0 Å². The van der Waals surface area contributed by atoms with Crippen LogP contribution in [0.15, 0.2) is 0 Å². The number of phosphoric ester groups is 1. The number of halogens is 3. The van der Waals surface area contributed by atoms with Gasteiger partial charge >= 0.3 is 14.0 Å². The van der Waals surface area contributed by atoms with Gasteiger partial charge in [0.25, 0.3) is 5.85 Å². The molecule has 5 aliphatic rings. The van der Waals surface area contributed by atoms with Gasteiger partial charge in [0.15, 0.2) is 18.4 Å². The normalized spacial score (nSPS) is 47.0. The number of carbonyl (C=O) groups excluding carboxylic acids is 1. The quantitative estimate of drug-likeness (QED) is 0.0637. The maximum atomic E-state index is 13.0. The average Bonchev–Trinajstić information content (AvgIpc) is 3.43. The van der Waals surface area contributed by atoms with Crippen molar-refractivity contribution in [3.8, 4) is 0 Å². The summed E-state index contributed by atoms with van der Waals surface area (Å²) in [6.45, 7) is -1.75. The van der Waals surface area contributed by atoms with E-state index in [1.165, 1.54) is 14.2 Å². The zero-order valence-electron chi connectivity index (χ0n) is 41.5. The van der Waals surface area contributed by atoms with Crippen LogP contribution in [0.2, 0.25) is 0 Å². The summed E-state index contributed by atoms with van der Waals surface area (Å²) in [7, 11) is -2.28. The molecule has 0 bridgehead atoms. The second-order valence-electron chi connectivity index (χ2n) is 18.3. The lowest BCUT2D eigenvalue weighted by Crippen LogP contribution is -2.68. The molecule has 9 unspecified atom stereocenters. The van der Waals surface area contributed by atoms with Crippen molar-refractivity contribution in [2.75, 3.05) is 40.6 Å². The number of alkyl halides is 3. The number of ether oxygens (including phenoxy) is 4. The van der Waals surface area contributed by atoms with Crippen LogP contribution in [0.25, 0.3) is 0 Å². The molecule has 0 aromatic carbocycles. The lowest BCUT2D eigenvalue weighted by Gasteiger charge is -2.42. The Kier molecular flexibility index (Phi) is 31.4. The minimum absolute atomic E-state index is 0.335. The molecule has 0 spiro atoms. The fraction of sp³-hybridized carbons (Fsp3) is 0.974. The molecule has 29 atom stereocenters. The van der Waals surface area contributed by atoms with Gasteiger partial charge in [-0.05, 0) is 0 Å². The Morgan fingerprint density at radius 2 is 0.688 bits per heavy atom. The smallest absolute Gasteiger partial charge is 0.431 e. The third kappa shape index (κ3) is 19.0. The van der Waals surface area contributed by atoms with Crippen molar-refractivity contribution < 1.29 is 198 Å². The van der Waals surface area contributed by atoms with E-state index in [9.17, 15) is 78.5 Å². The molecule has 5 fully saturated rings. The van der Waals surface area contributed by atoms with Crippen LogP contribution in [0.5, 0.6) is 0 Å². The second-order valence-corrected chi connectivity index (χ2v) is 19.8. The van der Waals surface area contributed by atoms with Crippen molar-refractivity contribution in [1.82, 2.24) is 0 Å². The Labute approximate surface area is 448 Å². The molecular formula is C39H74F3O37P. The first-order valence-corrected chi connectivity index (χ1v) is 24.7. The molecule has 478 valence electrons. The lowest BCUT2D eigenvalue weighted by molar-refractivity contribution is -0.314. The molecule has 0 aliphatic heterocycles. The van der Waals surface area contributed by atoms with Crippen LogP contribution < -0.4 is 0 Å². The summed E-state index contributed by atoms with van der Waals surface area (Å²) in [5.74, 6) is -3.53. The number of aliphatic hydroxyl groups is 28. The molecule has 80 heavy (non-hydrogen) atoms. The van der Waals surface area contributed by atoms with Gasteiger partial charge in [-0.15, -0.1) is 0 Å². The van der Waals surface area contributed by atoms with E-state index in [1.54, 1.807) is 0 Å². The van der Waals surface area contributed by atoms with Gasteiger partial charge < -0.3 is 167 Å². The number of aliphatic hydroxyl groups excluding tert-OH is 27. The van der Waals surface area contributed by atoms with Crippen molar-refractivity contribution in [3.05, 3.63) is 0 Å². The highest BCUT2D eigenvalue weighted by atomic mass is 31.2. The molecule has 41 heteroatoms. The Bertz CT molecular complexity index is 1620. The Balaban J connectivity index is 0.000000513. The van der Waals surface area contributed by atoms with Crippen molar-refractivity contribution in [2.24, 2.45) is 0 Å². The van der Waals surface area contributed by atoms with Crippen LogP contribution in [-0.2, 0) is 32.6 Å². The van der Waals surface area contributed by atoms with E-state index in [2.05, 4.69) is 18.5 Å². The van der Waals surface area contributed by atoms with Crippen molar-refractivity contribution >= 4 is 14.0 Å². The Morgan fingerprint density at radius 1 is 0.438 bits per heavy atom. The largest absolute Gasteiger partial charge is 0.508 e. The summed E-state index contributed by atoms with van der Waals surface area (Å²) in [5, 5.41) is 255. The number of rotatable bonds is 12. The van der Waals surface area contributed by atoms with Gasteiger partial charge in [-0.25, -0.2) is 22.5 Å². The van der Waals surface area contributed by atoms with Crippen molar-refractivity contribution in [1.29, 1.82) is 0 Å². The predicted molar refractivity (Wildman–Crippen MR) is 239 cm³/mol. The number of carbonyl (C=O) groups is 1. The van der Waals surface area contributed by atoms with E-state index in [4.69, 9.17) is 101 Å². The number of methoxy groups -OCH3 is 2. The molecule has 29 N–H and O–H groups in total. The van der Waals surface area contributed by atoms with E-state index in [-0.39, 0.29) is 6.61 Å². The third-order valence-electron chi connectivity index (χ3n) is 12.8. The van der Waals surface area contributed by atoms with Crippen LogP contribution in [0, 0.1) is 0 Å². The van der Waals surface area contributed by atoms with Gasteiger partial charge in [-0.3, -0.25) is 9.05 Å². The maximum Gasteiger partial charge on any atom is 0.508 e. The molecule has 0 saturated heterocycles. The minimum atomic E-state index is -4.80. The first kappa shape index (κ1) is 76.0. The topological polar surface area (TPSA) is 676 Å². The number of phosphoric acid groups is 1. The van der Waals surface area contributed by atoms with Crippen molar-refractivity contribution in [3.63, 3.8) is 0 Å². The Hall–Kier alpha value is -2.03. The lowest BCUT2D eigenvalue weighted by atomic mass is 9.83. The van der Waals surface area contributed by atoms with E-state index in [0.717, 1.165) is 0 Å². The standard InChI is InChI=1S/C11H20O10.C10H21O11P.C6H11FO6.2C6H11FO5/c1-19-4(2-12)3-20-11(18)21-10-8(16)6(14)5(13)7(15)9(10)17;1-19-4(2-11)3-20-22(17,18)21-10-8(15)6(13)5(12)7(14)9(10)16;7-6(13)4(11)2(9)1(8)3(10)5(6)12;2*7-1-2(8)4(10)6(12)5(11)3(1)9/h4-10,12-17H,2-3H2,1H3;4-16H,2-3H2,1H3,(H,17,18);1-5,8-13H;2*1-6,8-12H/t2*4?,5?,6-,7-,8-,9-,10?;1?,2-,3-,4-,5+,6?;2*1?,2-,3+,4-,5-,6?/m00011/s1. The van der Waals surface area contributed by atoms with Gasteiger partial charge in [-0.2, -0.15) is 0 Å². The molecule has 37 nitrogen and oxygen atoms in total. The number of hydrogen-bond donors (Lipinski definition) is 29. The molecular weight excluding hydrogens is 1150 g/mol. The average molecular weight is 1220 g/mol. The summed E-state index contributed by atoms with van der Waals surface area (Å²) in [5.41, 5.74) is 0. The zero-order chi connectivity index (χ0) is 62.5. The van der Waals surface area contributed by atoms with Gasteiger partial charge in [0.05, 0.1) is 19.8 Å².